The van der Waals surface area contributed by atoms with E-state index in [1.165, 1.54) is 11.3 Å². The Balaban J connectivity index is 1.83. The van der Waals surface area contributed by atoms with Gasteiger partial charge in [-0.15, -0.1) is 11.3 Å². The van der Waals surface area contributed by atoms with Crippen molar-refractivity contribution >= 4 is 28.8 Å². The highest BCUT2D eigenvalue weighted by molar-refractivity contribution is 7.16. The summed E-state index contributed by atoms with van der Waals surface area (Å²) >= 11 is 7.30. The average Bonchev–Trinajstić information content (AvgIpc) is 2.86. The molecule has 0 aromatic carbocycles. The van der Waals surface area contributed by atoms with Gasteiger partial charge in [-0.2, -0.15) is 0 Å². The molecule has 0 spiro atoms. The topological polar surface area (TPSA) is 64.0 Å². The van der Waals surface area contributed by atoms with E-state index in [1.54, 1.807) is 16.8 Å². The Kier molecular flexibility index (Phi) is 4.81. The van der Waals surface area contributed by atoms with Crippen LogP contribution >= 0.6 is 22.9 Å². The Labute approximate surface area is 121 Å². The van der Waals surface area contributed by atoms with Crippen LogP contribution in [0.4, 0.5) is 0 Å². The van der Waals surface area contributed by atoms with E-state index in [0.717, 1.165) is 4.88 Å². The van der Waals surface area contributed by atoms with E-state index in [9.17, 15) is 15.0 Å². The van der Waals surface area contributed by atoms with Crippen LogP contribution < -0.4 is 0 Å². The zero-order valence-corrected chi connectivity index (χ0v) is 12.2. The maximum atomic E-state index is 12.0. The minimum absolute atomic E-state index is 0.0363. The van der Waals surface area contributed by atoms with Gasteiger partial charge in [-0.1, -0.05) is 11.6 Å². The molecule has 1 aromatic heterocycles. The summed E-state index contributed by atoms with van der Waals surface area (Å²) in [5, 5.41) is 18.9. The van der Waals surface area contributed by atoms with Gasteiger partial charge < -0.3 is 15.1 Å². The number of aliphatic hydroxyl groups is 2. The van der Waals surface area contributed by atoms with E-state index in [-0.39, 0.29) is 12.5 Å². The van der Waals surface area contributed by atoms with Crippen LogP contribution in [0.15, 0.2) is 12.1 Å². The van der Waals surface area contributed by atoms with E-state index in [1.807, 2.05) is 12.1 Å². The fourth-order valence-corrected chi connectivity index (χ4v) is 3.19. The minimum Gasteiger partial charge on any atom is -0.389 e. The maximum absolute atomic E-state index is 12.0. The first kappa shape index (κ1) is 14.7. The number of aliphatic hydroxyl groups excluding tert-OH is 2. The molecule has 1 fully saturated rings. The van der Waals surface area contributed by atoms with Gasteiger partial charge in [0.2, 0.25) is 5.91 Å². The molecule has 1 aromatic rings. The Morgan fingerprint density at radius 2 is 2.11 bits per heavy atom. The van der Waals surface area contributed by atoms with Crippen molar-refractivity contribution in [3.05, 3.63) is 21.3 Å². The molecule has 0 radical (unpaired) electrons. The number of likely N-dealkylation sites (tertiary alicyclic amines) is 1. The second-order valence-electron chi connectivity index (χ2n) is 4.78. The van der Waals surface area contributed by atoms with Crippen molar-refractivity contribution in [3.63, 3.8) is 0 Å². The number of rotatable bonds is 4. The van der Waals surface area contributed by atoms with Gasteiger partial charge in [0.05, 0.1) is 29.6 Å². The van der Waals surface area contributed by atoms with Crippen molar-refractivity contribution in [1.82, 2.24) is 9.80 Å². The molecule has 0 saturated carbocycles. The normalized spacial score (nSPS) is 23.8. The highest BCUT2D eigenvalue weighted by Gasteiger charge is 2.30. The third-order valence-corrected chi connectivity index (χ3v) is 4.36. The predicted octanol–water partition coefficient (Wildman–Crippen LogP) is 0.397. The summed E-state index contributed by atoms with van der Waals surface area (Å²) in [6.07, 6.45) is -1.51. The van der Waals surface area contributed by atoms with Crippen LogP contribution in [0.2, 0.25) is 4.34 Å². The van der Waals surface area contributed by atoms with Gasteiger partial charge in [0.1, 0.15) is 0 Å². The van der Waals surface area contributed by atoms with Crippen LogP contribution in [0.1, 0.15) is 4.88 Å². The van der Waals surface area contributed by atoms with E-state index in [2.05, 4.69) is 0 Å². The van der Waals surface area contributed by atoms with Crippen LogP contribution in [0.3, 0.4) is 0 Å². The van der Waals surface area contributed by atoms with Gasteiger partial charge in [0, 0.05) is 25.0 Å². The highest BCUT2D eigenvalue weighted by Crippen LogP contribution is 2.22. The van der Waals surface area contributed by atoms with E-state index in [0.29, 0.717) is 24.0 Å². The van der Waals surface area contributed by atoms with Crippen molar-refractivity contribution < 1.29 is 15.0 Å². The number of nitrogens with zero attached hydrogens (tertiary/aromatic N) is 2. The molecule has 106 valence electrons. The lowest BCUT2D eigenvalue weighted by Crippen LogP contribution is -2.37. The molecule has 0 aliphatic carbocycles. The number of β-amino-alcohol motifs (C(OH)–C–C–N with tert-alkyl or cyclic N) is 2. The number of hydrogen-bond donors (Lipinski definition) is 2. The summed E-state index contributed by atoms with van der Waals surface area (Å²) in [4.78, 5) is 16.4. The summed E-state index contributed by atoms with van der Waals surface area (Å²) < 4.78 is 0.710. The maximum Gasteiger partial charge on any atom is 0.236 e. The van der Waals surface area contributed by atoms with Crippen molar-refractivity contribution in [2.75, 3.05) is 26.7 Å². The third kappa shape index (κ3) is 3.90. The fourth-order valence-electron chi connectivity index (χ4n) is 2.05. The van der Waals surface area contributed by atoms with Crippen LogP contribution in [0, 0.1) is 0 Å². The first-order valence-electron chi connectivity index (χ1n) is 6.02. The molecule has 1 aliphatic rings. The Morgan fingerprint density at radius 3 is 2.63 bits per heavy atom. The van der Waals surface area contributed by atoms with E-state index < -0.39 is 12.2 Å². The van der Waals surface area contributed by atoms with Crippen molar-refractivity contribution in [1.29, 1.82) is 0 Å². The molecule has 2 N–H and O–H groups in total. The zero-order chi connectivity index (χ0) is 14.0. The molecular weight excluding hydrogens is 288 g/mol. The smallest absolute Gasteiger partial charge is 0.236 e. The molecular formula is C12H17ClN2O3S. The van der Waals surface area contributed by atoms with Crippen LogP contribution in [0.5, 0.6) is 0 Å². The molecule has 2 atom stereocenters. The number of carbonyl (C=O) groups excluding carboxylic acids is 1. The number of halogens is 1. The number of likely N-dealkylation sites (N-methyl/N-ethyl adjacent to an activating group) is 1. The van der Waals surface area contributed by atoms with Crippen LogP contribution in [-0.4, -0.2) is 64.8 Å². The molecule has 5 nitrogen and oxygen atoms in total. The van der Waals surface area contributed by atoms with Gasteiger partial charge in [-0.25, -0.2) is 0 Å². The lowest BCUT2D eigenvalue weighted by atomic mass is 10.3. The lowest BCUT2D eigenvalue weighted by Gasteiger charge is -2.20. The molecule has 19 heavy (non-hydrogen) atoms. The van der Waals surface area contributed by atoms with Crippen molar-refractivity contribution in [3.8, 4) is 0 Å². The summed E-state index contributed by atoms with van der Waals surface area (Å²) in [7, 11) is 1.74. The first-order valence-corrected chi connectivity index (χ1v) is 7.22. The SMILES string of the molecule is CN(Cc1ccc(Cl)s1)C(=O)CN1C[C@@H](O)[C@@H](O)C1. The van der Waals surface area contributed by atoms with Gasteiger partial charge in [0.15, 0.2) is 0 Å². The molecule has 1 aliphatic heterocycles. The number of carbonyl (C=O) groups is 1. The number of hydrogen-bond acceptors (Lipinski definition) is 5. The van der Waals surface area contributed by atoms with Gasteiger partial charge in [-0.3, -0.25) is 9.69 Å². The van der Waals surface area contributed by atoms with Crippen molar-refractivity contribution in [2.45, 2.75) is 18.8 Å². The molecule has 1 amide bonds. The summed E-state index contributed by atoms with van der Waals surface area (Å²) in [6.45, 7) is 1.41. The Bertz CT molecular complexity index is 444. The standard InChI is InChI=1S/C12H17ClN2O3S/c1-14(4-8-2-3-11(13)19-8)12(18)7-15-5-9(16)10(17)6-15/h2-3,9-10,16-17H,4-7H2,1H3/t9-,10+. The van der Waals surface area contributed by atoms with E-state index >= 15 is 0 Å². The summed E-state index contributed by atoms with van der Waals surface area (Å²) in [6, 6.07) is 3.72. The van der Waals surface area contributed by atoms with E-state index in [4.69, 9.17) is 11.6 Å². The number of amides is 1. The predicted molar refractivity (Wildman–Crippen MR) is 74.3 cm³/mol. The zero-order valence-electron chi connectivity index (χ0n) is 10.6. The molecule has 0 bridgehead atoms. The van der Waals surface area contributed by atoms with Gasteiger partial charge in [0.25, 0.3) is 0 Å². The highest BCUT2D eigenvalue weighted by atomic mass is 35.5. The second-order valence-corrected chi connectivity index (χ2v) is 6.58. The number of thiophene rings is 1. The molecule has 2 rings (SSSR count). The summed E-state index contributed by atoms with van der Waals surface area (Å²) in [5.41, 5.74) is 0. The average molecular weight is 305 g/mol. The summed E-state index contributed by atoms with van der Waals surface area (Å²) in [5.74, 6) is -0.0363. The van der Waals surface area contributed by atoms with Gasteiger partial charge in [-0.05, 0) is 12.1 Å². The molecule has 0 unspecified atom stereocenters. The van der Waals surface area contributed by atoms with Gasteiger partial charge >= 0.3 is 0 Å². The second kappa shape index (κ2) is 6.19. The third-order valence-electron chi connectivity index (χ3n) is 3.14. The van der Waals surface area contributed by atoms with Crippen LogP contribution in [-0.2, 0) is 11.3 Å². The molecule has 2 heterocycles. The Hall–Kier alpha value is -0.660. The molecule has 7 heteroatoms. The monoisotopic (exact) mass is 304 g/mol. The fraction of sp³-hybridized carbons (Fsp3) is 0.583. The Morgan fingerprint density at radius 1 is 1.47 bits per heavy atom. The lowest BCUT2D eigenvalue weighted by molar-refractivity contribution is -0.131. The van der Waals surface area contributed by atoms with Crippen molar-refractivity contribution in [2.24, 2.45) is 0 Å². The molecule has 1 saturated heterocycles. The first-order chi connectivity index (χ1) is 8.95. The largest absolute Gasteiger partial charge is 0.389 e. The van der Waals surface area contributed by atoms with Crippen LogP contribution in [0.25, 0.3) is 0 Å². The minimum atomic E-state index is -0.755. The quantitative estimate of drug-likeness (QED) is 0.845.